The van der Waals surface area contributed by atoms with Gasteiger partial charge in [0.15, 0.2) is 0 Å². The van der Waals surface area contributed by atoms with Crippen LogP contribution >= 0.6 is 11.6 Å². The number of pyridine rings is 1. The van der Waals surface area contributed by atoms with Crippen LogP contribution in [0.1, 0.15) is 32.8 Å². The quantitative estimate of drug-likeness (QED) is 0.786. The molecule has 0 aliphatic heterocycles. The van der Waals surface area contributed by atoms with Gasteiger partial charge in [-0.1, -0.05) is 32.4 Å². The lowest BCUT2D eigenvalue weighted by molar-refractivity contribution is 0.245. The van der Waals surface area contributed by atoms with E-state index in [9.17, 15) is 0 Å². The second-order valence-electron chi connectivity index (χ2n) is 6.09. The Labute approximate surface area is 119 Å². The molecule has 0 spiro atoms. The van der Waals surface area contributed by atoms with Crippen molar-refractivity contribution in [1.82, 2.24) is 4.98 Å². The molecule has 102 valence electrons. The van der Waals surface area contributed by atoms with E-state index in [-0.39, 0.29) is 5.41 Å². The molecule has 0 saturated carbocycles. The van der Waals surface area contributed by atoms with Gasteiger partial charge in [-0.05, 0) is 42.5 Å². The van der Waals surface area contributed by atoms with Crippen molar-refractivity contribution in [2.45, 2.75) is 34.1 Å². The minimum absolute atomic E-state index is 0.275. The lowest BCUT2D eigenvalue weighted by Gasteiger charge is -2.18. The van der Waals surface area contributed by atoms with E-state index in [4.69, 9.17) is 16.3 Å². The fraction of sp³-hybridized carbons (Fsp3) is 0.438. The van der Waals surface area contributed by atoms with Gasteiger partial charge in [0.25, 0.3) is 0 Å². The molecule has 0 bridgehead atoms. The summed E-state index contributed by atoms with van der Waals surface area (Å²) in [7, 11) is 0. The Bertz CT molecular complexity index is 587. The Morgan fingerprint density at radius 2 is 2.00 bits per heavy atom. The molecule has 1 aromatic carbocycles. The number of ether oxygens (including phenoxy) is 1. The number of aryl methyl sites for hydroxylation is 1. The SMILES string of the molecule is Cc1cc2nccc(OCCC(C)(C)C)c2cc1Cl. The van der Waals surface area contributed by atoms with Crippen molar-refractivity contribution in [3.8, 4) is 5.75 Å². The van der Waals surface area contributed by atoms with Crippen LogP contribution in [-0.2, 0) is 0 Å². The van der Waals surface area contributed by atoms with Gasteiger partial charge in [-0.2, -0.15) is 0 Å². The van der Waals surface area contributed by atoms with Crippen molar-refractivity contribution < 1.29 is 4.74 Å². The maximum absolute atomic E-state index is 6.18. The number of halogens is 1. The van der Waals surface area contributed by atoms with E-state index in [0.717, 1.165) is 33.7 Å². The molecule has 19 heavy (non-hydrogen) atoms. The summed E-state index contributed by atoms with van der Waals surface area (Å²) in [4.78, 5) is 4.36. The normalized spacial score (nSPS) is 11.8. The fourth-order valence-corrected chi connectivity index (χ4v) is 2.00. The second-order valence-corrected chi connectivity index (χ2v) is 6.49. The number of fused-ring (bicyclic) bond motifs is 1. The molecule has 1 aromatic heterocycles. The third-order valence-electron chi connectivity index (χ3n) is 3.09. The molecule has 0 radical (unpaired) electrons. The summed E-state index contributed by atoms with van der Waals surface area (Å²) < 4.78 is 5.89. The van der Waals surface area contributed by atoms with Gasteiger partial charge in [-0.25, -0.2) is 0 Å². The first-order valence-electron chi connectivity index (χ1n) is 6.54. The minimum atomic E-state index is 0.275. The number of rotatable bonds is 3. The van der Waals surface area contributed by atoms with Crippen LogP contribution in [-0.4, -0.2) is 11.6 Å². The Morgan fingerprint density at radius 1 is 1.26 bits per heavy atom. The van der Waals surface area contributed by atoms with Crippen molar-refractivity contribution >= 4 is 22.5 Å². The second kappa shape index (κ2) is 5.38. The van der Waals surface area contributed by atoms with Crippen LogP contribution in [0.4, 0.5) is 0 Å². The fourth-order valence-electron chi connectivity index (χ4n) is 1.84. The molecular weight excluding hydrogens is 258 g/mol. The Balaban J connectivity index is 2.26. The molecule has 0 atom stereocenters. The maximum Gasteiger partial charge on any atom is 0.130 e. The highest BCUT2D eigenvalue weighted by Crippen LogP contribution is 2.29. The molecule has 0 fully saturated rings. The number of nitrogens with zero attached hydrogens (tertiary/aromatic N) is 1. The predicted molar refractivity (Wildman–Crippen MR) is 81.1 cm³/mol. The lowest BCUT2D eigenvalue weighted by atomic mass is 9.93. The van der Waals surface area contributed by atoms with Gasteiger partial charge in [-0.15, -0.1) is 0 Å². The van der Waals surface area contributed by atoms with E-state index >= 15 is 0 Å². The van der Waals surface area contributed by atoms with Gasteiger partial charge in [0.05, 0.1) is 12.1 Å². The summed E-state index contributed by atoms with van der Waals surface area (Å²) in [6, 6.07) is 5.83. The molecule has 0 amide bonds. The molecular formula is C16H20ClNO. The minimum Gasteiger partial charge on any atom is -0.493 e. The van der Waals surface area contributed by atoms with E-state index < -0.39 is 0 Å². The highest BCUT2D eigenvalue weighted by molar-refractivity contribution is 6.32. The summed E-state index contributed by atoms with van der Waals surface area (Å²) in [5.41, 5.74) is 2.24. The molecule has 3 heteroatoms. The first kappa shape index (κ1) is 14.1. The number of hydrogen-bond donors (Lipinski definition) is 0. The average Bonchev–Trinajstić information content (AvgIpc) is 2.30. The zero-order valence-electron chi connectivity index (χ0n) is 12.0. The largest absolute Gasteiger partial charge is 0.493 e. The smallest absolute Gasteiger partial charge is 0.130 e. The maximum atomic E-state index is 6.18. The van der Waals surface area contributed by atoms with Gasteiger partial charge in [0, 0.05) is 16.6 Å². The molecule has 0 aliphatic carbocycles. The topological polar surface area (TPSA) is 22.1 Å². The third kappa shape index (κ3) is 3.60. The van der Waals surface area contributed by atoms with E-state index in [1.54, 1.807) is 6.20 Å². The Morgan fingerprint density at radius 3 is 2.68 bits per heavy atom. The van der Waals surface area contributed by atoms with Crippen LogP contribution in [0.25, 0.3) is 10.9 Å². The molecule has 0 aliphatic rings. The van der Waals surface area contributed by atoms with Gasteiger partial charge in [0.1, 0.15) is 5.75 Å². The van der Waals surface area contributed by atoms with Crippen molar-refractivity contribution in [1.29, 1.82) is 0 Å². The number of benzene rings is 1. The van der Waals surface area contributed by atoms with Crippen molar-refractivity contribution in [3.63, 3.8) is 0 Å². The van der Waals surface area contributed by atoms with Crippen molar-refractivity contribution in [3.05, 3.63) is 35.0 Å². The number of hydrogen-bond acceptors (Lipinski definition) is 2. The molecule has 0 saturated heterocycles. The number of aromatic nitrogens is 1. The third-order valence-corrected chi connectivity index (χ3v) is 3.50. The predicted octanol–water partition coefficient (Wildman–Crippen LogP) is 5.01. The molecule has 0 unspecified atom stereocenters. The monoisotopic (exact) mass is 277 g/mol. The zero-order valence-corrected chi connectivity index (χ0v) is 12.7. The molecule has 2 aromatic rings. The summed E-state index contributed by atoms with van der Waals surface area (Å²) in [5.74, 6) is 0.858. The van der Waals surface area contributed by atoms with E-state index in [1.165, 1.54) is 0 Å². The Kier molecular flexibility index (Phi) is 4.00. The van der Waals surface area contributed by atoms with Crippen LogP contribution in [0, 0.1) is 12.3 Å². The van der Waals surface area contributed by atoms with Crippen molar-refractivity contribution in [2.75, 3.05) is 6.61 Å². The standard InChI is InChI=1S/C16H20ClNO/c1-11-9-14-12(10-13(11)17)15(5-7-18-14)19-8-6-16(2,3)4/h5,7,9-10H,6,8H2,1-4H3. The van der Waals surface area contributed by atoms with Crippen LogP contribution in [0.15, 0.2) is 24.4 Å². The zero-order chi connectivity index (χ0) is 14.0. The van der Waals surface area contributed by atoms with Crippen LogP contribution < -0.4 is 4.74 Å². The van der Waals surface area contributed by atoms with Gasteiger partial charge >= 0.3 is 0 Å². The van der Waals surface area contributed by atoms with Gasteiger partial charge < -0.3 is 4.74 Å². The molecule has 0 N–H and O–H groups in total. The highest BCUT2D eigenvalue weighted by Gasteiger charge is 2.11. The first-order chi connectivity index (χ1) is 8.87. The summed E-state index contributed by atoms with van der Waals surface area (Å²) in [6.45, 7) is 9.31. The molecule has 1 heterocycles. The summed E-state index contributed by atoms with van der Waals surface area (Å²) >= 11 is 6.18. The molecule has 2 rings (SSSR count). The van der Waals surface area contributed by atoms with E-state index in [0.29, 0.717) is 6.61 Å². The average molecular weight is 278 g/mol. The van der Waals surface area contributed by atoms with Gasteiger partial charge in [0.2, 0.25) is 0 Å². The summed E-state index contributed by atoms with van der Waals surface area (Å²) in [6.07, 6.45) is 2.79. The van der Waals surface area contributed by atoms with Crippen LogP contribution in [0.3, 0.4) is 0 Å². The Hall–Kier alpha value is -1.28. The first-order valence-corrected chi connectivity index (χ1v) is 6.92. The highest BCUT2D eigenvalue weighted by atomic mass is 35.5. The van der Waals surface area contributed by atoms with Gasteiger partial charge in [-0.3, -0.25) is 4.98 Å². The van der Waals surface area contributed by atoms with Crippen molar-refractivity contribution in [2.24, 2.45) is 5.41 Å². The van der Waals surface area contributed by atoms with Crippen LogP contribution in [0.5, 0.6) is 5.75 Å². The lowest BCUT2D eigenvalue weighted by Crippen LogP contribution is -2.11. The van der Waals surface area contributed by atoms with E-state index in [1.807, 2.05) is 25.1 Å². The van der Waals surface area contributed by atoms with Crippen LogP contribution in [0.2, 0.25) is 5.02 Å². The van der Waals surface area contributed by atoms with E-state index in [2.05, 4.69) is 25.8 Å². The summed E-state index contributed by atoms with van der Waals surface area (Å²) in [5, 5.41) is 1.73. The molecule has 2 nitrogen and oxygen atoms in total.